The van der Waals surface area contributed by atoms with Gasteiger partial charge in [-0.25, -0.2) is 4.68 Å². The van der Waals surface area contributed by atoms with Crippen molar-refractivity contribution in [2.45, 2.75) is 13.2 Å². The molecule has 1 aromatic heterocycles. The largest absolute Gasteiger partial charge is 0.468 e. The highest BCUT2D eigenvalue weighted by atomic mass is 16.5. The zero-order valence-electron chi connectivity index (χ0n) is 6.60. The van der Waals surface area contributed by atoms with Crippen LogP contribution in [0.2, 0.25) is 0 Å². The molecule has 1 rings (SSSR count). The van der Waals surface area contributed by atoms with Crippen LogP contribution in [0.4, 0.5) is 0 Å². The lowest BCUT2D eigenvalue weighted by Crippen LogP contribution is -2.15. The van der Waals surface area contributed by atoms with Crippen molar-refractivity contribution in [3.8, 4) is 0 Å². The first-order chi connectivity index (χ1) is 5.77. The van der Waals surface area contributed by atoms with Crippen molar-refractivity contribution in [3.05, 3.63) is 11.9 Å². The third-order valence-corrected chi connectivity index (χ3v) is 1.37. The molecule has 0 aromatic carbocycles. The van der Waals surface area contributed by atoms with Gasteiger partial charge in [0.2, 0.25) is 0 Å². The van der Waals surface area contributed by atoms with E-state index in [0.717, 1.165) is 0 Å². The Kier molecular flexibility index (Phi) is 2.76. The minimum absolute atomic E-state index is 0.0214. The van der Waals surface area contributed by atoms with E-state index in [-0.39, 0.29) is 13.2 Å². The number of hydrogen-bond donors (Lipinski definition) is 1. The van der Waals surface area contributed by atoms with E-state index >= 15 is 0 Å². The van der Waals surface area contributed by atoms with Crippen LogP contribution in [0.3, 0.4) is 0 Å². The van der Waals surface area contributed by atoms with Gasteiger partial charge in [0.25, 0.3) is 0 Å². The number of ether oxygens (including phenoxy) is 1. The van der Waals surface area contributed by atoms with Gasteiger partial charge in [-0.3, -0.25) is 4.79 Å². The first-order valence-corrected chi connectivity index (χ1v) is 3.33. The SMILES string of the molecule is COC(=O)Cn1nncc1CO. The van der Waals surface area contributed by atoms with E-state index in [2.05, 4.69) is 15.0 Å². The third kappa shape index (κ3) is 1.79. The normalized spacial score (nSPS) is 9.83. The summed E-state index contributed by atoms with van der Waals surface area (Å²) in [6, 6.07) is 0. The summed E-state index contributed by atoms with van der Waals surface area (Å²) in [6.07, 6.45) is 1.39. The molecule has 0 saturated carbocycles. The van der Waals surface area contributed by atoms with Crippen LogP contribution in [0.25, 0.3) is 0 Å². The van der Waals surface area contributed by atoms with Crippen molar-refractivity contribution in [3.63, 3.8) is 0 Å². The summed E-state index contributed by atoms with van der Waals surface area (Å²) in [4.78, 5) is 10.8. The minimum atomic E-state index is -0.421. The van der Waals surface area contributed by atoms with E-state index in [1.807, 2.05) is 0 Å². The van der Waals surface area contributed by atoms with Gasteiger partial charge in [0.1, 0.15) is 6.54 Å². The Morgan fingerprint density at radius 2 is 2.58 bits per heavy atom. The summed E-state index contributed by atoms with van der Waals surface area (Å²) < 4.78 is 5.70. The minimum Gasteiger partial charge on any atom is -0.468 e. The molecular formula is C6H9N3O3. The van der Waals surface area contributed by atoms with Crippen LogP contribution in [0.5, 0.6) is 0 Å². The fourth-order valence-corrected chi connectivity index (χ4v) is 0.721. The van der Waals surface area contributed by atoms with Crippen molar-refractivity contribution >= 4 is 5.97 Å². The van der Waals surface area contributed by atoms with Crippen molar-refractivity contribution in [1.29, 1.82) is 0 Å². The van der Waals surface area contributed by atoms with Gasteiger partial charge in [0.15, 0.2) is 0 Å². The van der Waals surface area contributed by atoms with Crippen LogP contribution >= 0.6 is 0 Å². The molecule has 0 bridgehead atoms. The second kappa shape index (κ2) is 3.82. The predicted octanol–water partition coefficient (Wildman–Crippen LogP) is -1.06. The van der Waals surface area contributed by atoms with Crippen molar-refractivity contribution in [2.24, 2.45) is 0 Å². The molecule has 1 aromatic rings. The van der Waals surface area contributed by atoms with E-state index in [1.165, 1.54) is 18.0 Å². The van der Waals surface area contributed by atoms with E-state index in [4.69, 9.17) is 5.11 Å². The van der Waals surface area contributed by atoms with Crippen LogP contribution in [-0.4, -0.2) is 33.2 Å². The van der Waals surface area contributed by atoms with E-state index < -0.39 is 5.97 Å². The molecule has 0 unspecified atom stereocenters. The van der Waals surface area contributed by atoms with E-state index in [9.17, 15) is 4.79 Å². The lowest BCUT2D eigenvalue weighted by atomic mass is 10.5. The molecule has 1 heterocycles. The summed E-state index contributed by atoms with van der Waals surface area (Å²) in [5.74, 6) is -0.421. The Balaban J connectivity index is 2.68. The molecule has 6 nitrogen and oxygen atoms in total. The molecule has 1 N–H and O–H groups in total. The standard InChI is InChI=1S/C6H9N3O3/c1-12-6(11)3-9-5(4-10)2-7-8-9/h2,10H,3-4H2,1H3. The topological polar surface area (TPSA) is 77.2 Å². The second-order valence-electron chi connectivity index (χ2n) is 2.12. The van der Waals surface area contributed by atoms with Gasteiger partial charge in [-0.15, -0.1) is 5.10 Å². The van der Waals surface area contributed by atoms with Gasteiger partial charge in [-0.1, -0.05) is 5.21 Å². The van der Waals surface area contributed by atoms with Crippen LogP contribution in [0, 0.1) is 0 Å². The van der Waals surface area contributed by atoms with Gasteiger partial charge < -0.3 is 9.84 Å². The number of aliphatic hydroxyl groups is 1. The number of carbonyl (C=O) groups excluding carboxylic acids is 1. The monoisotopic (exact) mass is 171 g/mol. The van der Waals surface area contributed by atoms with Crippen LogP contribution in [0.1, 0.15) is 5.69 Å². The number of nitrogens with zero attached hydrogens (tertiary/aromatic N) is 3. The molecule has 0 atom stereocenters. The molecule has 6 heteroatoms. The first kappa shape index (κ1) is 8.66. The highest BCUT2D eigenvalue weighted by Crippen LogP contribution is 1.95. The van der Waals surface area contributed by atoms with Crippen LogP contribution in [0.15, 0.2) is 6.20 Å². The van der Waals surface area contributed by atoms with Gasteiger partial charge >= 0.3 is 5.97 Å². The summed E-state index contributed by atoms with van der Waals surface area (Å²) >= 11 is 0. The molecule has 0 spiro atoms. The predicted molar refractivity (Wildman–Crippen MR) is 38.0 cm³/mol. The quantitative estimate of drug-likeness (QED) is 0.587. The average Bonchev–Trinajstić information content (AvgIpc) is 2.51. The number of methoxy groups -OCH3 is 1. The molecular weight excluding hydrogens is 162 g/mol. The molecule has 0 radical (unpaired) electrons. The molecule has 0 aliphatic heterocycles. The maximum absolute atomic E-state index is 10.8. The van der Waals surface area contributed by atoms with Gasteiger partial charge in [0, 0.05) is 0 Å². The summed E-state index contributed by atoms with van der Waals surface area (Å²) in [5.41, 5.74) is 0.486. The number of aliphatic hydroxyl groups excluding tert-OH is 1. The number of carbonyl (C=O) groups is 1. The molecule has 0 aliphatic carbocycles. The Morgan fingerprint density at radius 3 is 3.17 bits per heavy atom. The average molecular weight is 171 g/mol. The Morgan fingerprint density at radius 1 is 1.83 bits per heavy atom. The number of aromatic nitrogens is 3. The Hall–Kier alpha value is -1.43. The van der Waals surface area contributed by atoms with Gasteiger partial charge in [-0.2, -0.15) is 0 Å². The van der Waals surface area contributed by atoms with Crippen molar-refractivity contribution in [2.75, 3.05) is 7.11 Å². The Labute approximate surface area is 68.8 Å². The van der Waals surface area contributed by atoms with E-state index in [0.29, 0.717) is 5.69 Å². The van der Waals surface area contributed by atoms with Gasteiger partial charge in [-0.05, 0) is 0 Å². The molecule has 66 valence electrons. The summed E-state index contributed by atoms with van der Waals surface area (Å²) in [5, 5.41) is 15.8. The third-order valence-electron chi connectivity index (χ3n) is 1.37. The van der Waals surface area contributed by atoms with Gasteiger partial charge in [0.05, 0.1) is 25.6 Å². The molecule has 0 amide bonds. The van der Waals surface area contributed by atoms with Crippen molar-refractivity contribution in [1.82, 2.24) is 15.0 Å². The maximum Gasteiger partial charge on any atom is 0.327 e. The van der Waals surface area contributed by atoms with Crippen LogP contribution in [-0.2, 0) is 22.7 Å². The fraction of sp³-hybridized carbons (Fsp3) is 0.500. The lowest BCUT2D eigenvalue weighted by Gasteiger charge is -2.00. The van der Waals surface area contributed by atoms with Crippen LogP contribution < -0.4 is 0 Å². The highest BCUT2D eigenvalue weighted by Gasteiger charge is 2.06. The van der Waals surface area contributed by atoms with E-state index in [1.54, 1.807) is 0 Å². The van der Waals surface area contributed by atoms with Crippen molar-refractivity contribution < 1.29 is 14.6 Å². The smallest absolute Gasteiger partial charge is 0.327 e. The first-order valence-electron chi connectivity index (χ1n) is 3.33. The number of hydrogen-bond acceptors (Lipinski definition) is 5. The molecule has 12 heavy (non-hydrogen) atoms. The summed E-state index contributed by atoms with van der Waals surface area (Å²) in [7, 11) is 1.29. The Bertz CT molecular complexity index is 271. The zero-order valence-corrected chi connectivity index (χ0v) is 6.60. The lowest BCUT2D eigenvalue weighted by molar-refractivity contribution is -0.141. The molecule has 0 aliphatic rings. The zero-order chi connectivity index (χ0) is 8.97. The summed E-state index contributed by atoms with van der Waals surface area (Å²) in [6.45, 7) is -0.212. The maximum atomic E-state index is 10.8. The molecule has 0 fully saturated rings. The molecule has 0 saturated heterocycles. The highest BCUT2D eigenvalue weighted by molar-refractivity contribution is 5.68. The fourth-order valence-electron chi connectivity index (χ4n) is 0.721. The second-order valence-corrected chi connectivity index (χ2v) is 2.12. The number of rotatable bonds is 3. The number of esters is 1.